The summed E-state index contributed by atoms with van der Waals surface area (Å²) in [6.07, 6.45) is 1.09. The molecule has 4 nitrogen and oxygen atoms in total. The average Bonchev–Trinajstić information content (AvgIpc) is 2.53. The van der Waals surface area contributed by atoms with Gasteiger partial charge in [-0.2, -0.15) is 0 Å². The average molecular weight is 305 g/mol. The number of halogens is 1. The predicted molar refractivity (Wildman–Crippen MR) is 66.4 cm³/mol. The third kappa shape index (κ3) is 1.98. The highest BCUT2D eigenvalue weighted by molar-refractivity contribution is 9.09. The maximum Gasteiger partial charge on any atom is 0.225 e. The standard InChI is InChI=1S/C12H20BrNO3/c1-11(10(16)17)6-5-8(9(15)14(3)4)12(11,2)7-13/h8H,5-7H2,1-4H3,(H,16,17)/p-1/t8-,11+,12-/m0/s1. The number of carboxylic acids is 1. The van der Waals surface area contributed by atoms with Crippen LogP contribution in [0.2, 0.25) is 0 Å². The Morgan fingerprint density at radius 1 is 1.41 bits per heavy atom. The lowest BCUT2D eigenvalue weighted by atomic mass is 9.65. The number of rotatable bonds is 3. The molecule has 1 fully saturated rings. The van der Waals surface area contributed by atoms with Gasteiger partial charge in [-0.25, -0.2) is 0 Å². The van der Waals surface area contributed by atoms with Crippen LogP contribution in [-0.2, 0) is 9.59 Å². The molecular formula is C12H19BrNO3-. The zero-order valence-electron chi connectivity index (χ0n) is 10.7. The second kappa shape index (κ2) is 4.59. The molecule has 0 bridgehead atoms. The number of aliphatic carboxylic acids is 1. The topological polar surface area (TPSA) is 60.4 Å². The first-order chi connectivity index (χ1) is 7.70. The number of amides is 1. The van der Waals surface area contributed by atoms with Gasteiger partial charge in [0.05, 0.1) is 0 Å². The van der Waals surface area contributed by atoms with Crippen molar-refractivity contribution in [2.75, 3.05) is 19.4 Å². The monoisotopic (exact) mass is 304 g/mol. The minimum Gasteiger partial charge on any atom is -0.550 e. The first kappa shape index (κ1) is 14.5. The second-order valence-corrected chi connectivity index (χ2v) is 6.06. The molecule has 0 aromatic carbocycles. The van der Waals surface area contributed by atoms with Gasteiger partial charge < -0.3 is 14.8 Å². The maximum atomic E-state index is 12.1. The van der Waals surface area contributed by atoms with Crippen molar-refractivity contribution >= 4 is 27.8 Å². The lowest BCUT2D eigenvalue weighted by Gasteiger charge is -2.44. The van der Waals surface area contributed by atoms with Gasteiger partial charge >= 0.3 is 0 Å². The Balaban J connectivity index is 3.15. The molecule has 1 amide bonds. The summed E-state index contributed by atoms with van der Waals surface area (Å²) in [5, 5.41) is 11.9. The van der Waals surface area contributed by atoms with Gasteiger partial charge in [-0.15, -0.1) is 0 Å². The van der Waals surface area contributed by atoms with E-state index in [9.17, 15) is 14.7 Å². The summed E-state index contributed by atoms with van der Waals surface area (Å²) < 4.78 is 0. The van der Waals surface area contributed by atoms with Crippen molar-refractivity contribution < 1.29 is 14.7 Å². The molecule has 1 rings (SSSR count). The summed E-state index contributed by atoms with van der Waals surface area (Å²) in [6, 6.07) is 0. The molecule has 3 atom stereocenters. The zero-order chi connectivity index (χ0) is 13.4. The Kier molecular flexibility index (Phi) is 3.91. The lowest BCUT2D eigenvalue weighted by Crippen LogP contribution is -2.52. The molecule has 0 unspecified atom stereocenters. The van der Waals surface area contributed by atoms with Gasteiger partial charge in [0.1, 0.15) is 0 Å². The predicted octanol–water partition coefficient (Wildman–Crippen LogP) is 0.642. The van der Waals surface area contributed by atoms with Crippen molar-refractivity contribution in [3.63, 3.8) is 0 Å². The van der Waals surface area contributed by atoms with Crippen LogP contribution >= 0.6 is 15.9 Å². The second-order valence-electron chi connectivity index (χ2n) is 5.49. The van der Waals surface area contributed by atoms with Gasteiger partial charge in [0.25, 0.3) is 0 Å². The van der Waals surface area contributed by atoms with E-state index in [0.29, 0.717) is 18.2 Å². The summed E-state index contributed by atoms with van der Waals surface area (Å²) in [4.78, 5) is 25.0. The van der Waals surface area contributed by atoms with Crippen LogP contribution in [0.1, 0.15) is 26.7 Å². The van der Waals surface area contributed by atoms with Gasteiger partial charge in [0, 0.05) is 36.7 Å². The van der Waals surface area contributed by atoms with Gasteiger partial charge in [0.15, 0.2) is 0 Å². The first-order valence-electron chi connectivity index (χ1n) is 5.69. The van der Waals surface area contributed by atoms with Gasteiger partial charge in [0.2, 0.25) is 5.91 Å². The number of hydrogen-bond acceptors (Lipinski definition) is 3. The molecule has 0 N–H and O–H groups in total. The molecule has 0 aliphatic heterocycles. The Labute approximate surface area is 110 Å². The quantitative estimate of drug-likeness (QED) is 0.719. The number of carbonyl (C=O) groups is 2. The normalized spacial score (nSPS) is 36.9. The number of nitrogens with zero attached hydrogens (tertiary/aromatic N) is 1. The molecule has 0 heterocycles. The molecule has 98 valence electrons. The summed E-state index contributed by atoms with van der Waals surface area (Å²) >= 11 is 3.37. The van der Waals surface area contributed by atoms with Crippen LogP contribution < -0.4 is 5.11 Å². The van der Waals surface area contributed by atoms with Crippen LogP contribution in [0.3, 0.4) is 0 Å². The molecular weight excluding hydrogens is 286 g/mol. The van der Waals surface area contributed by atoms with E-state index in [0.717, 1.165) is 0 Å². The van der Waals surface area contributed by atoms with Crippen LogP contribution in [0.15, 0.2) is 0 Å². The van der Waals surface area contributed by atoms with Crippen LogP contribution in [0.5, 0.6) is 0 Å². The number of hydrogen-bond donors (Lipinski definition) is 0. The Hall–Kier alpha value is -0.580. The van der Waals surface area contributed by atoms with Crippen LogP contribution in [-0.4, -0.2) is 36.2 Å². The minimum atomic E-state index is -1.06. The van der Waals surface area contributed by atoms with Crippen molar-refractivity contribution in [2.24, 2.45) is 16.7 Å². The highest BCUT2D eigenvalue weighted by atomic mass is 79.9. The zero-order valence-corrected chi connectivity index (χ0v) is 12.3. The molecule has 1 saturated carbocycles. The highest BCUT2D eigenvalue weighted by Gasteiger charge is 2.57. The van der Waals surface area contributed by atoms with Gasteiger partial charge in [-0.05, 0) is 18.3 Å². The SMILES string of the molecule is CN(C)C(=O)[C@@H]1CC[C@](C)(C(=O)[O-])[C@@]1(C)CBr. The third-order valence-electron chi connectivity index (χ3n) is 4.43. The van der Waals surface area contributed by atoms with Crippen molar-refractivity contribution in [1.82, 2.24) is 4.90 Å². The van der Waals surface area contributed by atoms with E-state index in [2.05, 4.69) is 15.9 Å². The minimum absolute atomic E-state index is 0.00285. The molecule has 0 spiro atoms. The summed E-state index contributed by atoms with van der Waals surface area (Å²) in [7, 11) is 3.40. The largest absolute Gasteiger partial charge is 0.550 e. The van der Waals surface area contributed by atoms with Gasteiger partial charge in [-0.3, -0.25) is 4.79 Å². The molecule has 0 aromatic heterocycles. The Morgan fingerprint density at radius 3 is 2.29 bits per heavy atom. The van der Waals surface area contributed by atoms with Crippen molar-refractivity contribution in [3.8, 4) is 0 Å². The highest BCUT2D eigenvalue weighted by Crippen LogP contribution is 2.57. The fourth-order valence-electron chi connectivity index (χ4n) is 2.71. The van der Waals surface area contributed by atoms with Gasteiger partial charge in [-0.1, -0.05) is 29.8 Å². The van der Waals surface area contributed by atoms with E-state index in [1.807, 2.05) is 6.92 Å². The third-order valence-corrected chi connectivity index (χ3v) is 5.59. The van der Waals surface area contributed by atoms with E-state index in [1.54, 1.807) is 21.0 Å². The summed E-state index contributed by atoms with van der Waals surface area (Å²) in [6.45, 7) is 3.54. The fraction of sp³-hybridized carbons (Fsp3) is 0.833. The molecule has 1 aliphatic rings. The van der Waals surface area contributed by atoms with Crippen LogP contribution in [0, 0.1) is 16.7 Å². The molecule has 0 aromatic rings. The van der Waals surface area contributed by atoms with E-state index in [-0.39, 0.29) is 11.8 Å². The Morgan fingerprint density at radius 2 is 1.94 bits per heavy atom. The lowest BCUT2D eigenvalue weighted by molar-refractivity contribution is -0.322. The van der Waals surface area contributed by atoms with Crippen molar-refractivity contribution in [2.45, 2.75) is 26.7 Å². The molecule has 0 saturated heterocycles. The van der Waals surface area contributed by atoms with E-state index in [1.165, 1.54) is 4.90 Å². The number of alkyl halides is 1. The number of carboxylic acid groups (broad SMARTS) is 1. The first-order valence-corrected chi connectivity index (χ1v) is 6.81. The van der Waals surface area contributed by atoms with Crippen LogP contribution in [0.4, 0.5) is 0 Å². The molecule has 5 heteroatoms. The molecule has 0 radical (unpaired) electrons. The summed E-state index contributed by atoms with van der Waals surface area (Å²) in [5.74, 6) is -1.33. The van der Waals surface area contributed by atoms with Crippen molar-refractivity contribution in [3.05, 3.63) is 0 Å². The number of carbonyl (C=O) groups excluding carboxylic acids is 2. The van der Waals surface area contributed by atoms with Crippen LogP contribution in [0.25, 0.3) is 0 Å². The van der Waals surface area contributed by atoms with Crippen molar-refractivity contribution in [1.29, 1.82) is 0 Å². The molecule has 17 heavy (non-hydrogen) atoms. The maximum absolute atomic E-state index is 12.1. The van der Waals surface area contributed by atoms with E-state index < -0.39 is 16.8 Å². The molecule has 1 aliphatic carbocycles. The van der Waals surface area contributed by atoms with E-state index >= 15 is 0 Å². The fourth-order valence-corrected chi connectivity index (χ4v) is 3.71. The summed E-state index contributed by atoms with van der Waals surface area (Å²) in [5.41, 5.74) is -1.56. The van der Waals surface area contributed by atoms with E-state index in [4.69, 9.17) is 0 Å². The Bertz CT molecular complexity index is 345. The smallest absolute Gasteiger partial charge is 0.225 e.